The van der Waals surface area contributed by atoms with Crippen molar-refractivity contribution in [1.29, 1.82) is 0 Å². The van der Waals surface area contributed by atoms with Crippen LogP contribution in [0, 0.1) is 0 Å². The highest BCUT2D eigenvalue weighted by Gasteiger charge is 2.28. The number of hydrogen-bond acceptors (Lipinski definition) is 5. The number of rotatable bonds is 59. The fraction of sp³-hybridized carbons (Fsp3) is 0.833. The maximum Gasteiger partial charge on any atom is 0.472 e. The molecule has 0 aliphatic rings. The number of quaternary nitrogens is 1. The topological polar surface area (TPSA) is 105 Å². The zero-order valence-electron chi connectivity index (χ0n) is 50.3. The third-order valence-corrected chi connectivity index (χ3v) is 15.5. The van der Waals surface area contributed by atoms with Crippen LogP contribution in [0.3, 0.4) is 0 Å². The number of phosphoric ester groups is 1. The van der Waals surface area contributed by atoms with Gasteiger partial charge in [-0.3, -0.25) is 13.8 Å². The van der Waals surface area contributed by atoms with Crippen molar-refractivity contribution in [3.63, 3.8) is 0 Å². The Morgan fingerprint density at radius 2 is 0.800 bits per heavy atom. The van der Waals surface area contributed by atoms with Gasteiger partial charge in [-0.2, -0.15) is 0 Å². The smallest absolute Gasteiger partial charge is 0.387 e. The van der Waals surface area contributed by atoms with Gasteiger partial charge < -0.3 is 19.8 Å². The number of unbranched alkanes of at least 4 members (excludes halogenated alkanes) is 38. The van der Waals surface area contributed by atoms with Crippen LogP contribution in [-0.2, 0) is 18.4 Å². The Labute approximate surface area is 466 Å². The normalized spacial score (nSPS) is 14.2. The number of carbonyl (C=O) groups is 1. The molecule has 0 aliphatic carbocycles. The quantitative estimate of drug-likeness (QED) is 0.0243. The lowest BCUT2D eigenvalue weighted by molar-refractivity contribution is -0.870. The highest BCUT2D eigenvalue weighted by atomic mass is 31.2. The molecule has 440 valence electrons. The molecule has 8 nitrogen and oxygen atoms in total. The number of nitrogens with zero attached hydrogens (tertiary/aromatic N) is 1. The Kier molecular flexibility index (Phi) is 55.5. The Hall–Kier alpha value is -1.80. The van der Waals surface area contributed by atoms with E-state index in [2.05, 4.69) is 67.8 Å². The summed E-state index contributed by atoms with van der Waals surface area (Å²) in [6.07, 6.45) is 77.7. The lowest BCUT2D eigenvalue weighted by atomic mass is 10.0. The molecule has 0 radical (unpaired) electrons. The number of aliphatic hydroxyl groups excluding tert-OH is 1. The Morgan fingerprint density at radius 1 is 0.467 bits per heavy atom. The van der Waals surface area contributed by atoms with Crippen LogP contribution in [0.2, 0.25) is 0 Å². The Balaban J connectivity index is 4.12. The first-order chi connectivity index (χ1) is 36.5. The van der Waals surface area contributed by atoms with E-state index >= 15 is 0 Å². The Morgan fingerprint density at radius 3 is 1.17 bits per heavy atom. The molecule has 1 amide bonds. The number of aliphatic hydroxyl groups is 1. The molecule has 3 unspecified atom stereocenters. The van der Waals surface area contributed by atoms with Gasteiger partial charge >= 0.3 is 7.82 Å². The minimum Gasteiger partial charge on any atom is -0.387 e. The molecule has 0 bridgehead atoms. The second-order valence-corrected chi connectivity index (χ2v) is 24.6. The standard InChI is InChI=1S/C66H125N2O6P/c1-6-8-10-12-14-16-18-20-22-24-26-28-30-32-33-34-35-36-38-40-42-44-46-48-50-52-54-56-58-60-66(70)67-64(63-74-75(71,72)73-62-61-68(3,4)5)65(69)59-57-55-53-51-49-47-45-43-41-39-37-31-29-27-25-23-21-19-17-15-13-11-9-7-2/h8,10,14,16,20,22,26,28,57,59,64-65,69H,6-7,9,11-13,15,17-19,21,23-25,27,29-56,58,60-63H2,1-5H3,(H-,67,70,71,72)/p+1/b10-8-,16-14-,22-20-,28-26-,59-57+. The van der Waals surface area contributed by atoms with E-state index in [0.717, 1.165) is 64.2 Å². The number of carbonyl (C=O) groups excluding carboxylic acids is 1. The van der Waals surface area contributed by atoms with E-state index in [0.29, 0.717) is 17.4 Å². The van der Waals surface area contributed by atoms with Crippen LogP contribution in [0.5, 0.6) is 0 Å². The number of phosphoric acid groups is 1. The third kappa shape index (κ3) is 59.7. The predicted octanol–water partition coefficient (Wildman–Crippen LogP) is 20.0. The van der Waals surface area contributed by atoms with Crippen LogP contribution in [0.1, 0.15) is 303 Å². The number of likely N-dealkylation sites (N-methyl/N-ethyl adjacent to an activating group) is 1. The van der Waals surface area contributed by atoms with Crippen LogP contribution < -0.4 is 5.32 Å². The molecular formula is C66H126N2O6P+. The summed E-state index contributed by atoms with van der Waals surface area (Å²) < 4.78 is 23.8. The van der Waals surface area contributed by atoms with E-state index in [4.69, 9.17) is 9.05 Å². The molecule has 0 rings (SSSR count). The van der Waals surface area contributed by atoms with Gasteiger partial charge in [0.1, 0.15) is 13.2 Å². The average Bonchev–Trinajstić information content (AvgIpc) is 3.37. The van der Waals surface area contributed by atoms with Gasteiger partial charge in [-0.05, 0) is 57.8 Å². The first-order valence-electron chi connectivity index (χ1n) is 32.2. The van der Waals surface area contributed by atoms with E-state index in [1.54, 1.807) is 6.08 Å². The Bertz CT molecular complexity index is 1400. The van der Waals surface area contributed by atoms with Crippen molar-refractivity contribution in [2.75, 3.05) is 40.9 Å². The zero-order valence-corrected chi connectivity index (χ0v) is 51.2. The van der Waals surface area contributed by atoms with E-state index in [1.807, 2.05) is 27.2 Å². The van der Waals surface area contributed by atoms with Gasteiger partial charge in [-0.1, -0.05) is 299 Å². The molecule has 0 saturated carbocycles. The highest BCUT2D eigenvalue weighted by molar-refractivity contribution is 7.47. The van der Waals surface area contributed by atoms with Crippen LogP contribution in [0.15, 0.2) is 60.8 Å². The summed E-state index contributed by atoms with van der Waals surface area (Å²) in [5, 5.41) is 14.0. The largest absolute Gasteiger partial charge is 0.472 e. The van der Waals surface area contributed by atoms with Gasteiger partial charge in [0, 0.05) is 6.42 Å². The van der Waals surface area contributed by atoms with E-state index in [1.165, 1.54) is 218 Å². The van der Waals surface area contributed by atoms with E-state index in [9.17, 15) is 19.4 Å². The van der Waals surface area contributed by atoms with Crippen LogP contribution in [0.4, 0.5) is 0 Å². The minimum absolute atomic E-state index is 0.0614. The number of hydrogen-bond donors (Lipinski definition) is 3. The molecule has 0 aliphatic heterocycles. The molecule has 9 heteroatoms. The van der Waals surface area contributed by atoms with Gasteiger partial charge in [0.05, 0.1) is 39.9 Å². The first kappa shape index (κ1) is 73.2. The van der Waals surface area contributed by atoms with Gasteiger partial charge in [-0.15, -0.1) is 0 Å². The van der Waals surface area contributed by atoms with Crippen LogP contribution >= 0.6 is 7.82 Å². The molecule has 75 heavy (non-hydrogen) atoms. The van der Waals surface area contributed by atoms with Crippen LogP contribution in [-0.4, -0.2) is 73.4 Å². The molecule has 0 heterocycles. The third-order valence-electron chi connectivity index (χ3n) is 14.5. The van der Waals surface area contributed by atoms with Gasteiger partial charge in [0.25, 0.3) is 0 Å². The molecule has 0 aromatic carbocycles. The fourth-order valence-corrected chi connectivity index (χ4v) is 10.2. The molecule has 0 aromatic heterocycles. The minimum atomic E-state index is -4.35. The zero-order chi connectivity index (χ0) is 54.9. The maximum atomic E-state index is 13.0. The summed E-state index contributed by atoms with van der Waals surface area (Å²) in [7, 11) is 1.58. The monoisotopic (exact) mass is 1070 g/mol. The SMILES string of the molecule is CC/C=C\C/C=C\C/C=C\C/C=C\CCCCCCCCCCCCCCCCCCC(=O)NC(COP(=O)(O)OCC[N+](C)(C)C)C(O)/C=C/CCCCCCCCCCCCCCCCCCCCCCCC. The number of amides is 1. The summed E-state index contributed by atoms with van der Waals surface area (Å²) in [5.41, 5.74) is 0. The predicted molar refractivity (Wildman–Crippen MR) is 327 cm³/mol. The summed E-state index contributed by atoms with van der Waals surface area (Å²) in [6, 6.07) is -0.849. The summed E-state index contributed by atoms with van der Waals surface area (Å²) >= 11 is 0. The second kappa shape index (κ2) is 56.9. The highest BCUT2D eigenvalue weighted by Crippen LogP contribution is 2.43. The molecule has 0 fully saturated rings. The van der Waals surface area contributed by atoms with Gasteiger partial charge in [0.15, 0.2) is 0 Å². The van der Waals surface area contributed by atoms with Crippen molar-refractivity contribution < 1.29 is 32.9 Å². The second-order valence-electron chi connectivity index (χ2n) is 23.1. The molecule has 0 saturated heterocycles. The van der Waals surface area contributed by atoms with Crippen molar-refractivity contribution in [2.24, 2.45) is 0 Å². The van der Waals surface area contributed by atoms with Crippen molar-refractivity contribution in [3.8, 4) is 0 Å². The molecular weight excluding hydrogens is 948 g/mol. The lowest BCUT2D eigenvalue weighted by Crippen LogP contribution is -2.45. The molecule has 3 atom stereocenters. The van der Waals surface area contributed by atoms with E-state index in [-0.39, 0.29) is 19.1 Å². The lowest BCUT2D eigenvalue weighted by Gasteiger charge is -2.25. The molecule has 3 N–H and O–H groups in total. The van der Waals surface area contributed by atoms with Gasteiger partial charge in [0.2, 0.25) is 5.91 Å². The first-order valence-corrected chi connectivity index (χ1v) is 33.7. The maximum absolute atomic E-state index is 13.0. The number of nitrogens with one attached hydrogen (secondary N) is 1. The fourth-order valence-electron chi connectivity index (χ4n) is 9.51. The average molecular weight is 1070 g/mol. The van der Waals surface area contributed by atoms with Crippen molar-refractivity contribution in [3.05, 3.63) is 60.8 Å². The van der Waals surface area contributed by atoms with Gasteiger partial charge in [-0.25, -0.2) is 4.57 Å². The summed E-state index contributed by atoms with van der Waals surface area (Å²) in [6.45, 7) is 4.74. The molecule has 0 aromatic rings. The number of allylic oxidation sites excluding steroid dienone is 9. The van der Waals surface area contributed by atoms with Crippen molar-refractivity contribution in [1.82, 2.24) is 5.32 Å². The summed E-state index contributed by atoms with van der Waals surface area (Å²) in [4.78, 5) is 23.4. The van der Waals surface area contributed by atoms with Crippen LogP contribution in [0.25, 0.3) is 0 Å². The van der Waals surface area contributed by atoms with Crippen molar-refractivity contribution in [2.45, 2.75) is 315 Å². The van der Waals surface area contributed by atoms with E-state index < -0.39 is 20.0 Å². The summed E-state index contributed by atoms with van der Waals surface area (Å²) in [5.74, 6) is -0.174. The van der Waals surface area contributed by atoms with Crippen molar-refractivity contribution >= 4 is 13.7 Å². The molecule has 0 spiro atoms.